The van der Waals surface area contributed by atoms with E-state index < -0.39 is 5.54 Å². The number of hydrogen-bond acceptors (Lipinski definition) is 3. The highest BCUT2D eigenvalue weighted by molar-refractivity contribution is 5.89. The Labute approximate surface area is 93.7 Å². The minimum atomic E-state index is -0.585. The van der Waals surface area contributed by atoms with Crippen LogP contribution in [-0.2, 0) is 4.79 Å². The predicted molar refractivity (Wildman–Crippen MR) is 56.6 cm³/mol. The van der Waals surface area contributed by atoms with Crippen molar-refractivity contribution in [3.63, 3.8) is 0 Å². The third-order valence-corrected chi connectivity index (χ3v) is 3.73. The van der Waals surface area contributed by atoms with E-state index in [0.717, 1.165) is 12.8 Å². The van der Waals surface area contributed by atoms with Crippen molar-refractivity contribution in [2.24, 2.45) is 5.73 Å². The smallest absolute Gasteiger partial charge is 0.317 e. The molecule has 16 heavy (non-hydrogen) atoms. The highest BCUT2D eigenvalue weighted by atomic mass is 16.2. The normalized spacial score (nSPS) is 31.1. The fourth-order valence-corrected chi connectivity index (χ4v) is 2.45. The maximum Gasteiger partial charge on any atom is 0.317 e. The molecule has 3 amide bonds. The summed E-state index contributed by atoms with van der Waals surface area (Å²) in [6, 6.07) is 0.124. The summed E-state index contributed by atoms with van der Waals surface area (Å²) in [7, 11) is 0. The molecule has 0 aromatic rings. The molecule has 0 bridgehead atoms. The minimum Gasteiger partial charge on any atom is -0.337 e. The number of fused-ring (bicyclic) bond motifs is 1. The van der Waals surface area contributed by atoms with Gasteiger partial charge < -0.3 is 20.9 Å². The van der Waals surface area contributed by atoms with E-state index in [2.05, 4.69) is 5.32 Å². The Morgan fingerprint density at radius 3 is 2.88 bits per heavy atom. The Balaban J connectivity index is 1.68. The number of hydrogen-bond donors (Lipinski definition) is 2. The van der Waals surface area contributed by atoms with E-state index in [0.29, 0.717) is 26.2 Å². The molecule has 3 fully saturated rings. The lowest BCUT2D eigenvalue weighted by molar-refractivity contribution is -0.135. The molecule has 3 rings (SSSR count). The van der Waals surface area contributed by atoms with E-state index in [1.165, 1.54) is 0 Å². The van der Waals surface area contributed by atoms with Crippen LogP contribution in [0, 0.1) is 0 Å². The SMILES string of the molecule is NC1(C(=O)N2CCN3C(=O)NCC3C2)CC1. The van der Waals surface area contributed by atoms with Gasteiger partial charge in [0.2, 0.25) is 5.91 Å². The Hall–Kier alpha value is -1.30. The maximum absolute atomic E-state index is 12.0. The van der Waals surface area contributed by atoms with Crippen LogP contribution in [0.2, 0.25) is 0 Å². The predicted octanol–water partition coefficient (Wildman–Crippen LogP) is -1.29. The highest BCUT2D eigenvalue weighted by Gasteiger charge is 2.49. The van der Waals surface area contributed by atoms with Gasteiger partial charge in [-0.1, -0.05) is 0 Å². The summed E-state index contributed by atoms with van der Waals surface area (Å²) in [5.74, 6) is 0.0616. The van der Waals surface area contributed by atoms with E-state index in [1.807, 2.05) is 4.90 Å². The molecule has 0 aromatic carbocycles. The van der Waals surface area contributed by atoms with Crippen LogP contribution in [0.5, 0.6) is 0 Å². The number of urea groups is 1. The van der Waals surface area contributed by atoms with Crippen molar-refractivity contribution < 1.29 is 9.59 Å². The number of carbonyl (C=O) groups excluding carboxylic acids is 2. The fraction of sp³-hybridized carbons (Fsp3) is 0.800. The lowest BCUT2D eigenvalue weighted by atomic mass is 10.1. The topological polar surface area (TPSA) is 78.7 Å². The van der Waals surface area contributed by atoms with E-state index in [-0.39, 0.29) is 18.0 Å². The number of nitrogens with two attached hydrogens (primary N) is 1. The van der Waals surface area contributed by atoms with Crippen molar-refractivity contribution in [3.05, 3.63) is 0 Å². The van der Waals surface area contributed by atoms with Crippen LogP contribution < -0.4 is 11.1 Å². The number of piperazine rings is 1. The molecule has 2 heterocycles. The summed E-state index contributed by atoms with van der Waals surface area (Å²) in [5, 5.41) is 2.79. The van der Waals surface area contributed by atoms with Gasteiger partial charge in [-0.3, -0.25) is 4.79 Å². The molecule has 1 saturated carbocycles. The average Bonchev–Trinajstić information content (AvgIpc) is 2.94. The van der Waals surface area contributed by atoms with Crippen molar-refractivity contribution in [1.82, 2.24) is 15.1 Å². The lowest BCUT2D eigenvalue weighted by Gasteiger charge is -2.37. The third kappa shape index (κ3) is 1.36. The molecular weight excluding hydrogens is 208 g/mol. The number of nitrogens with one attached hydrogen (secondary N) is 1. The molecule has 1 aliphatic carbocycles. The van der Waals surface area contributed by atoms with Gasteiger partial charge in [0, 0.05) is 26.2 Å². The molecule has 1 atom stereocenters. The number of carbonyl (C=O) groups is 2. The van der Waals surface area contributed by atoms with Gasteiger partial charge in [0.25, 0.3) is 0 Å². The van der Waals surface area contributed by atoms with Crippen molar-refractivity contribution >= 4 is 11.9 Å². The first-order valence-electron chi connectivity index (χ1n) is 5.73. The van der Waals surface area contributed by atoms with Gasteiger partial charge in [-0.25, -0.2) is 4.79 Å². The number of nitrogens with zero attached hydrogens (tertiary/aromatic N) is 2. The molecule has 0 spiro atoms. The zero-order valence-electron chi connectivity index (χ0n) is 9.11. The summed E-state index contributed by atoms with van der Waals surface area (Å²) >= 11 is 0. The molecule has 0 aromatic heterocycles. The monoisotopic (exact) mass is 224 g/mol. The first-order chi connectivity index (χ1) is 7.60. The maximum atomic E-state index is 12.0. The van der Waals surface area contributed by atoms with E-state index in [9.17, 15) is 9.59 Å². The number of rotatable bonds is 1. The van der Waals surface area contributed by atoms with Crippen LogP contribution in [0.3, 0.4) is 0 Å². The molecule has 2 saturated heterocycles. The molecule has 88 valence electrons. The van der Waals surface area contributed by atoms with E-state index in [1.54, 1.807) is 4.90 Å². The molecule has 3 aliphatic rings. The summed E-state index contributed by atoms with van der Waals surface area (Å²) < 4.78 is 0. The van der Waals surface area contributed by atoms with Crippen molar-refractivity contribution in [3.8, 4) is 0 Å². The van der Waals surface area contributed by atoms with Crippen molar-refractivity contribution in [2.75, 3.05) is 26.2 Å². The second kappa shape index (κ2) is 3.10. The van der Waals surface area contributed by atoms with E-state index in [4.69, 9.17) is 5.73 Å². The van der Waals surface area contributed by atoms with Gasteiger partial charge in [0.15, 0.2) is 0 Å². The minimum absolute atomic E-state index is 0.00835. The summed E-state index contributed by atoms with van der Waals surface area (Å²) in [5.41, 5.74) is 5.31. The standard InChI is InChI=1S/C10H16N4O2/c11-10(1-2-10)8(15)13-3-4-14-7(6-13)5-12-9(14)16/h7H,1-6,11H2,(H,12,16). The summed E-state index contributed by atoms with van der Waals surface area (Å²) in [6.07, 6.45) is 1.60. The van der Waals surface area contributed by atoms with E-state index >= 15 is 0 Å². The van der Waals surface area contributed by atoms with Gasteiger partial charge in [-0.2, -0.15) is 0 Å². The second-order valence-corrected chi connectivity index (χ2v) is 4.94. The van der Waals surface area contributed by atoms with Crippen LogP contribution in [0.15, 0.2) is 0 Å². The number of amides is 3. The fourth-order valence-electron chi connectivity index (χ4n) is 2.45. The Kier molecular flexibility index (Phi) is 1.92. The highest BCUT2D eigenvalue weighted by Crippen LogP contribution is 2.34. The van der Waals surface area contributed by atoms with Gasteiger partial charge in [-0.05, 0) is 12.8 Å². The van der Waals surface area contributed by atoms with Crippen LogP contribution in [-0.4, -0.2) is 59.5 Å². The van der Waals surface area contributed by atoms with Gasteiger partial charge in [0.05, 0.1) is 11.6 Å². The molecule has 3 N–H and O–H groups in total. The molecule has 0 radical (unpaired) electrons. The first-order valence-corrected chi connectivity index (χ1v) is 5.73. The Morgan fingerprint density at radius 2 is 2.19 bits per heavy atom. The molecule has 6 heteroatoms. The molecule has 1 unspecified atom stereocenters. The van der Waals surface area contributed by atoms with Crippen LogP contribution >= 0.6 is 0 Å². The van der Waals surface area contributed by atoms with Gasteiger partial charge in [-0.15, -0.1) is 0 Å². The third-order valence-electron chi connectivity index (χ3n) is 3.73. The second-order valence-electron chi connectivity index (χ2n) is 4.94. The van der Waals surface area contributed by atoms with Gasteiger partial charge in [0.1, 0.15) is 0 Å². The Morgan fingerprint density at radius 1 is 1.44 bits per heavy atom. The van der Waals surface area contributed by atoms with Crippen LogP contribution in [0.1, 0.15) is 12.8 Å². The largest absolute Gasteiger partial charge is 0.337 e. The molecule has 6 nitrogen and oxygen atoms in total. The van der Waals surface area contributed by atoms with Crippen LogP contribution in [0.4, 0.5) is 4.79 Å². The first kappa shape index (κ1) is 9.89. The summed E-state index contributed by atoms with van der Waals surface area (Å²) in [6.45, 7) is 2.50. The Bertz CT molecular complexity index is 353. The average molecular weight is 224 g/mol. The lowest BCUT2D eigenvalue weighted by Crippen LogP contribution is -2.57. The molecule has 2 aliphatic heterocycles. The quantitative estimate of drug-likeness (QED) is 0.582. The molecular formula is C10H16N4O2. The zero-order valence-corrected chi connectivity index (χ0v) is 9.11. The zero-order chi connectivity index (χ0) is 11.3. The van der Waals surface area contributed by atoms with Crippen LogP contribution in [0.25, 0.3) is 0 Å². The van der Waals surface area contributed by atoms with Gasteiger partial charge >= 0.3 is 6.03 Å². The van der Waals surface area contributed by atoms with Crippen molar-refractivity contribution in [2.45, 2.75) is 24.4 Å². The summed E-state index contributed by atoms with van der Waals surface area (Å²) in [4.78, 5) is 27.0. The van der Waals surface area contributed by atoms with Crippen molar-refractivity contribution in [1.29, 1.82) is 0 Å².